The van der Waals surface area contributed by atoms with Gasteiger partial charge in [0, 0.05) is 24.6 Å². The molecular weight excluding hydrogens is 230 g/mol. The van der Waals surface area contributed by atoms with Crippen molar-refractivity contribution in [3.63, 3.8) is 0 Å². The van der Waals surface area contributed by atoms with Crippen LogP contribution in [0.4, 0.5) is 0 Å². The van der Waals surface area contributed by atoms with Gasteiger partial charge in [0.15, 0.2) is 0 Å². The maximum atomic E-state index is 6.22. The van der Waals surface area contributed by atoms with Crippen molar-refractivity contribution in [3.05, 3.63) is 16.4 Å². The fourth-order valence-corrected chi connectivity index (χ4v) is 2.77. The molecule has 1 unspecified atom stereocenters. The SMILES string of the molecule is CCc1nn(C)c(CSCC(C)N)c1Cl. The van der Waals surface area contributed by atoms with Gasteiger partial charge in [-0.05, 0) is 13.3 Å². The fourth-order valence-electron chi connectivity index (χ4n) is 1.32. The molecule has 1 heterocycles. The zero-order valence-corrected chi connectivity index (χ0v) is 11.0. The van der Waals surface area contributed by atoms with Crippen LogP contribution >= 0.6 is 23.4 Å². The highest BCUT2D eigenvalue weighted by atomic mass is 35.5. The van der Waals surface area contributed by atoms with Gasteiger partial charge in [-0.15, -0.1) is 0 Å². The van der Waals surface area contributed by atoms with E-state index in [0.29, 0.717) is 0 Å². The Labute approximate surface area is 100 Å². The normalized spacial score (nSPS) is 13.1. The molecule has 0 saturated heterocycles. The van der Waals surface area contributed by atoms with Crippen LogP contribution in [0.3, 0.4) is 0 Å². The van der Waals surface area contributed by atoms with Crippen molar-refractivity contribution in [1.82, 2.24) is 9.78 Å². The molecule has 1 rings (SSSR count). The lowest BCUT2D eigenvalue weighted by Crippen LogP contribution is -2.17. The maximum Gasteiger partial charge on any atom is 0.0858 e. The molecule has 0 aliphatic carbocycles. The van der Waals surface area contributed by atoms with Crippen LogP contribution in [-0.4, -0.2) is 21.6 Å². The second kappa shape index (κ2) is 5.77. The zero-order valence-electron chi connectivity index (χ0n) is 9.46. The molecule has 0 aromatic carbocycles. The molecule has 0 spiro atoms. The third-order valence-corrected chi connectivity index (χ3v) is 3.80. The Morgan fingerprint density at radius 3 is 2.73 bits per heavy atom. The zero-order chi connectivity index (χ0) is 11.4. The van der Waals surface area contributed by atoms with Crippen LogP contribution in [-0.2, 0) is 19.2 Å². The van der Waals surface area contributed by atoms with Crippen LogP contribution < -0.4 is 5.73 Å². The third kappa shape index (κ3) is 3.40. The molecule has 0 fully saturated rings. The highest BCUT2D eigenvalue weighted by molar-refractivity contribution is 7.98. The number of nitrogens with zero attached hydrogens (tertiary/aromatic N) is 2. The highest BCUT2D eigenvalue weighted by Crippen LogP contribution is 2.24. The number of nitrogens with two attached hydrogens (primary N) is 1. The van der Waals surface area contributed by atoms with E-state index in [0.717, 1.165) is 34.3 Å². The van der Waals surface area contributed by atoms with Crippen LogP contribution in [0.15, 0.2) is 0 Å². The molecule has 1 atom stereocenters. The van der Waals surface area contributed by atoms with Crippen molar-refractivity contribution in [2.45, 2.75) is 32.1 Å². The number of hydrogen-bond donors (Lipinski definition) is 1. The Bertz CT molecular complexity index is 323. The molecule has 0 bridgehead atoms. The summed E-state index contributed by atoms with van der Waals surface area (Å²) in [5.74, 6) is 1.83. The van der Waals surface area contributed by atoms with Gasteiger partial charge < -0.3 is 5.73 Å². The summed E-state index contributed by atoms with van der Waals surface area (Å²) in [6.07, 6.45) is 0.880. The Kier molecular flexibility index (Phi) is 4.96. The maximum absolute atomic E-state index is 6.22. The molecule has 0 radical (unpaired) electrons. The Morgan fingerprint density at radius 1 is 1.60 bits per heavy atom. The van der Waals surface area contributed by atoms with E-state index in [2.05, 4.69) is 12.0 Å². The number of halogens is 1. The van der Waals surface area contributed by atoms with Crippen LogP contribution in [0.5, 0.6) is 0 Å². The van der Waals surface area contributed by atoms with Gasteiger partial charge in [0.1, 0.15) is 0 Å². The minimum absolute atomic E-state index is 0.229. The third-order valence-electron chi connectivity index (χ3n) is 2.12. The first-order valence-electron chi connectivity index (χ1n) is 5.09. The van der Waals surface area contributed by atoms with E-state index < -0.39 is 0 Å². The van der Waals surface area contributed by atoms with E-state index in [1.54, 1.807) is 11.8 Å². The average Bonchev–Trinajstić information content (AvgIpc) is 2.44. The molecule has 1 aromatic heterocycles. The van der Waals surface area contributed by atoms with Gasteiger partial charge in [-0.1, -0.05) is 18.5 Å². The van der Waals surface area contributed by atoms with Crippen LogP contribution in [0.1, 0.15) is 25.2 Å². The van der Waals surface area contributed by atoms with Gasteiger partial charge in [-0.25, -0.2) is 0 Å². The number of aromatic nitrogens is 2. The van der Waals surface area contributed by atoms with Crippen molar-refractivity contribution in [3.8, 4) is 0 Å². The smallest absolute Gasteiger partial charge is 0.0858 e. The fraction of sp³-hybridized carbons (Fsp3) is 0.700. The number of thioether (sulfide) groups is 1. The first-order valence-corrected chi connectivity index (χ1v) is 6.63. The lowest BCUT2D eigenvalue weighted by Gasteiger charge is -2.05. The van der Waals surface area contributed by atoms with E-state index in [1.807, 2.05) is 18.7 Å². The van der Waals surface area contributed by atoms with Gasteiger partial charge in [0.05, 0.1) is 16.4 Å². The van der Waals surface area contributed by atoms with Crippen LogP contribution in [0.25, 0.3) is 0 Å². The second-order valence-electron chi connectivity index (χ2n) is 3.68. The topological polar surface area (TPSA) is 43.8 Å². The summed E-state index contributed by atoms with van der Waals surface area (Å²) in [6.45, 7) is 4.07. The minimum atomic E-state index is 0.229. The van der Waals surface area contributed by atoms with E-state index in [1.165, 1.54) is 0 Å². The molecule has 1 aromatic rings. The molecule has 0 aliphatic rings. The van der Waals surface area contributed by atoms with Crippen molar-refractivity contribution in [1.29, 1.82) is 0 Å². The van der Waals surface area contributed by atoms with Gasteiger partial charge in [0.2, 0.25) is 0 Å². The van der Waals surface area contributed by atoms with Crippen LogP contribution in [0.2, 0.25) is 5.02 Å². The number of hydrogen-bond acceptors (Lipinski definition) is 3. The minimum Gasteiger partial charge on any atom is -0.327 e. The highest BCUT2D eigenvalue weighted by Gasteiger charge is 2.12. The van der Waals surface area contributed by atoms with Crippen LogP contribution in [0, 0.1) is 0 Å². The van der Waals surface area contributed by atoms with E-state index >= 15 is 0 Å². The van der Waals surface area contributed by atoms with E-state index in [4.69, 9.17) is 17.3 Å². The molecule has 0 amide bonds. The average molecular weight is 248 g/mol. The predicted octanol–water partition coefficient (Wildman–Crippen LogP) is 2.22. The van der Waals surface area contributed by atoms with Crippen molar-refractivity contribution >= 4 is 23.4 Å². The lowest BCUT2D eigenvalue weighted by molar-refractivity contribution is 0.719. The summed E-state index contributed by atoms with van der Waals surface area (Å²) in [7, 11) is 1.94. The Morgan fingerprint density at radius 2 is 2.27 bits per heavy atom. The van der Waals surface area contributed by atoms with Crippen molar-refractivity contribution < 1.29 is 0 Å². The van der Waals surface area contributed by atoms with E-state index in [9.17, 15) is 0 Å². The van der Waals surface area contributed by atoms with Gasteiger partial charge >= 0.3 is 0 Å². The number of rotatable bonds is 5. The van der Waals surface area contributed by atoms with Crippen molar-refractivity contribution in [2.75, 3.05) is 5.75 Å². The second-order valence-corrected chi connectivity index (χ2v) is 5.09. The van der Waals surface area contributed by atoms with E-state index in [-0.39, 0.29) is 6.04 Å². The number of aryl methyl sites for hydroxylation is 2. The first-order chi connectivity index (χ1) is 7.06. The van der Waals surface area contributed by atoms with Gasteiger partial charge in [0.25, 0.3) is 0 Å². The molecular formula is C10H18ClN3S. The molecule has 15 heavy (non-hydrogen) atoms. The first kappa shape index (κ1) is 12.9. The molecule has 0 aliphatic heterocycles. The summed E-state index contributed by atoms with van der Waals surface area (Å²) in [5, 5.41) is 5.18. The predicted molar refractivity (Wildman–Crippen MR) is 67.4 cm³/mol. The van der Waals surface area contributed by atoms with Gasteiger partial charge in [-0.2, -0.15) is 16.9 Å². The standard InChI is InChI=1S/C10H18ClN3S/c1-4-8-10(11)9(14(3)13-8)6-15-5-7(2)12/h7H,4-6,12H2,1-3H3. The summed E-state index contributed by atoms with van der Waals surface area (Å²) in [6, 6.07) is 0.229. The Hall–Kier alpha value is -0.190. The molecule has 0 saturated carbocycles. The van der Waals surface area contributed by atoms with Crippen molar-refractivity contribution in [2.24, 2.45) is 12.8 Å². The molecule has 86 valence electrons. The summed E-state index contributed by atoms with van der Waals surface area (Å²) >= 11 is 8.01. The monoisotopic (exact) mass is 247 g/mol. The summed E-state index contributed by atoms with van der Waals surface area (Å²) < 4.78 is 1.87. The summed E-state index contributed by atoms with van der Waals surface area (Å²) in [4.78, 5) is 0. The van der Waals surface area contributed by atoms with Gasteiger partial charge in [-0.3, -0.25) is 4.68 Å². The summed E-state index contributed by atoms with van der Waals surface area (Å²) in [5.41, 5.74) is 7.77. The molecule has 2 N–H and O–H groups in total. The Balaban J connectivity index is 2.64. The quantitative estimate of drug-likeness (QED) is 0.868. The largest absolute Gasteiger partial charge is 0.327 e. The molecule has 5 heteroatoms. The lowest BCUT2D eigenvalue weighted by atomic mass is 10.3. The molecule has 3 nitrogen and oxygen atoms in total.